The van der Waals surface area contributed by atoms with Crippen LogP contribution < -0.4 is 4.74 Å². The number of rotatable bonds is 6. The van der Waals surface area contributed by atoms with Crippen LogP contribution in [-0.4, -0.2) is 24.6 Å². The highest BCUT2D eigenvalue weighted by Gasteiger charge is 2.39. The van der Waals surface area contributed by atoms with Gasteiger partial charge in [0.25, 0.3) is 5.69 Å². The molecular weight excluding hydrogens is 370 g/mol. The predicted molar refractivity (Wildman–Crippen MR) is 111 cm³/mol. The number of nitro groups is 1. The highest BCUT2D eigenvalue weighted by molar-refractivity contribution is 5.94. The molecule has 0 aliphatic heterocycles. The van der Waals surface area contributed by atoms with Gasteiger partial charge in [0.2, 0.25) is 0 Å². The topological polar surface area (TPSA) is 78.7 Å². The summed E-state index contributed by atoms with van der Waals surface area (Å²) in [7, 11) is 1.61. The van der Waals surface area contributed by atoms with Crippen molar-refractivity contribution in [1.82, 2.24) is 0 Å². The molecule has 0 bridgehead atoms. The quantitative estimate of drug-likeness (QED) is 0.399. The van der Waals surface area contributed by atoms with Crippen molar-refractivity contribution in [3.63, 3.8) is 0 Å². The minimum absolute atomic E-state index is 0.00696. The van der Waals surface area contributed by atoms with Crippen LogP contribution in [0.1, 0.15) is 31.4 Å². The van der Waals surface area contributed by atoms with Crippen molar-refractivity contribution in [2.75, 3.05) is 13.7 Å². The van der Waals surface area contributed by atoms with E-state index in [-0.39, 0.29) is 12.3 Å². The van der Waals surface area contributed by atoms with E-state index in [1.54, 1.807) is 26.2 Å². The smallest absolute Gasteiger partial charge is 0.334 e. The van der Waals surface area contributed by atoms with Crippen LogP contribution in [-0.2, 0) is 14.9 Å². The molecule has 0 saturated heterocycles. The van der Waals surface area contributed by atoms with Gasteiger partial charge in [-0.15, -0.1) is 0 Å². The van der Waals surface area contributed by atoms with Gasteiger partial charge in [-0.25, -0.2) is 4.79 Å². The lowest BCUT2D eigenvalue weighted by Crippen LogP contribution is -2.32. The number of non-ortho nitro benzene ring substituents is 1. The third-order valence-electron chi connectivity index (χ3n) is 5.24. The van der Waals surface area contributed by atoms with Crippen molar-refractivity contribution in [3.8, 4) is 5.75 Å². The van der Waals surface area contributed by atoms with Gasteiger partial charge in [-0.1, -0.05) is 43.3 Å². The molecule has 29 heavy (non-hydrogen) atoms. The largest absolute Gasteiger partial charge is 0.497 e. The highest BCUT2D eigenvalue weighted by atomic mass is 16.6. The molecule has 3 rings (SSSR count). The third-order valence-corrected chi connectivity index (χ3v) is 5.24. The van der Waals surface area contributed by atoms with Crippen molar-refractivity contribution in [2.24, 2.45) is 0 Å². The number of nitrogens with zero attached hydrogens (tertiary/aromatic N) is 1. The maximum absolute atomic E-state index is 12.7. The summed E-state index contributed by atoms with van der Waals surface area (Å²) < 4.78 is 10.5. The van der Waals surface area contributed by atoms with Gasteiger partial charge < -0.3 is 9.47 Å². The Kier molecular flexibility index (Phi) is 5.82. The first-order valence-corrected chi connectivity index (χ1v) is 9.37. The average molecular weight is 393 g/mol. The number of nitro benzene ring substituents is 1. The average Bonchev–Trinajstić information content (AvgIpc) is 2.74. The molecule has 0 aromatic heterocycles. The SMILES string of the molecule is CCOC(=O)C1=CC=C(c2ccc(OC)cc2)CC1(C)c1cccc([N+](=O)[O-])c1. The fourth-order valence-electron chi connectivity index (χ4n) is 3.63. The van der Waals surface area contributed by atoms with E-state index in [0.29, 0.717) is 17.6 Å². The van der Waals surface area contributed by atoms with Gasteiger partial charge in [0.05, 0.1) is 18.6 Å². The van der Waals surface area contributed by atoms with E-state index >= 15 is 0 Å². The Morgan fingerprint density at radius 2 is 1.90 bits per heavy atom. The summed E-state index contributed by atoms with van der Waals surface area (Å²) in [6.45, 7) is 3.94. The maximum atomic E-state index is 12.7. The summed E-state index contributed by atoms with van der Waals surface area (Å²) in [5.74, 6) is 0.348. The number of carbonyl (C=O) groups is 1. The van der Waals surface area contributed by atoms with Crippen molar-refractivity contribution < 1.29 is 19.2 Å². The Hall–Kier alpha value is -3.41. The molecule has 1 atom stereocenters. The number of carbonyl (C=O) groups excluding carboxylic acids is 1. The van der Waals surface area contributed by atoms with Gasteiger partial charge in [-0.3, -0.25) is 10.1 Å². The molecule has 1 aliphatic rings. The first-order chi connectivity index (χ1) is 13.9. The van der Waals surface area contributed by atoms with E-state index in [1.165, 1.54) is 12.1 Å². The molecule has 2 aromatic rings. The number of benzene rings is 2. The van der Waals surface area contributed by atoms with E-state index in [0.717, 1.165) is 16.9 Å². The minimum Gasteiger partial charge on any atom is -0.497 e. The molecule has 0 fully saturated rings. The number of methoxy groups -OCH3 is 1. The van der Waals surface area contributed by atoms with E-state index in [4.69, 9.17) is 9.47 Å². The molecule has 1 unspecified atom stereocenters. The number of hydrogen-bond donors (Lipinski definition) is 0. The molecule has 0 amide bonds. The van der Waals surface area contributed by atoms with E-state index in [2.05, 4.69) is 0 Å². The van der Waals surface area contributed by atoms with Crippen LogP contribution in [0.5, 0.6) is 5.75 Å². The lowest BCUT2D eigenvalue weighted by molar-refractivity contribution is -0.385. The summed E-state index contributed by atoms with van der Waals surface area (Å²) in [5, 5.41) is 11.3. The second-order valence-electron chi connectivity index (χ2n) is 7.04. The molecule has 150 valence electrons. The molecular formula is C23H23NO5. The highest BCUT2D eigenvalue weighted by Crippen LogP contribution is 2.44. The zero-order chi connectivity index (χ0) is 21.0. The summed E-state index contributed by atoms with van der Waals surface area (Å²) in [4.78, 5) is 23.5. The van der Waals surface area contributed by atoms with Crippen molar-refractivity contribution in [2.45, 2.75) is 25.7 Å². The molecule has 0 radical (unpaired) electrons. The monoisotopic (exact) mass is 393 g/mol. The Labute approximate surface area is 169 Å². The number of hydrogen-bond acceptors (Lipinski definition) is 5. The van der Waals surface area contributed by atoms with Gasteiger partial charge in [-0.05, 0) is 42.2 Å². The molecule has 0 saturated carbocycles. The maximum Gasteiger partial charge on any atom is 0.334 e. The van der Waals surface area contributed by atoms with E-state index in [9.17, 15) is 14.9 Å². The minimum atomic E-state index is -0.762. The van der Waals surface area contributed by atoms with E-state index in [1.807, 2.05) is 43.3 Å². The molecule has 0 heterocycles. The van der Waals surface area contributed by atoms with Crippen molar-refractivity contribution in [1.29, 1.82) is 0 Å². The Bertz CT molecular complexity index is 991. The summed E-state index contributed by atoms with van der Waals surface area (Å²) in [5.41, 5.74) is 2.44. The molecule has 1 aliphatic carbocycles. The Morgan fingerprint density at radius 3 is 2.52 bits per heavy atom. The number of esters is 1. The van der Waals surface area contributed by atoms with Crippen LogP contribution in [0, 0.1) is 10.1 Å². The molecule has 6 heteroatoms. The van der Waals surface area contributed by atoms with Gasteiger partial charge in [0, 0.05) is 23.1 Å². The third kappa shape index (κ3) is 4.06. The van der Waals surface area contributed by atoms with Crippen LogP contribution in [0.15, 0.2) is 66.3 Å². The summed E-state index contributed by atoms with van der Waals surface area (Å²) in [6, 6.07) is 14.1. The second-order valence-corrected chi connectivity index (χ2v) is 7.04. The van der Waals surface area contributed by atoms with Crippen molar-refractivity contribution in [3.05, 3.63) is 87.5 Å². The molecule has 2 aromatic carbocycles. The van der Waals surface area contributed by atoms with Crippen LogP contribution >= 0.6 is 0 Å². The predicted octanol–water partition coefficient (Wildman–Crippen LogP) is 4.84. The van der Waals surface area contributed by atoms with Crippen LogP contribution in [0.3, 0.4) is 0 Å². The summed E-state index contributed by atoms with van der Waals surface area (Å²) in [6.07, 6.45) is 4.18. The molecule has 0 N–H and O–H groups in total. The fraction of sp³-hybridized carbons (Fsp3) is 0.261. The molecule has 0 spiro atoms. The van der Waals surface area contributed by atoms with Crippen LogP contribution in [0.4, 0.5) is 5.69 Å². The van der Waals surface area contributed by atoms with E-state index < -0.39 is 16.3 Å². The fourth-order valence-corrected chi connectivity index (χ4v) is 3.63. The molecule has 6 nitrogen and oxygen atoms in total. The second kappa shape index (κ2) is 8.31. The standard InChI is InChI=1S/C23H23NO5/c1-4-29-22(25)21-13-10-17(16-8-11-20(28-3)12-9-16)15-23(21,2)18-6-5-7-19(14-18)24(26)27/h5-14H,4,15H2,1-3H3. The first-order valence-electron chi connectivity index (χ1n) is 9.37. The lowest BCUT2D eigenvalue weighted by atomic mass is 9.68. The van der Waals surface area contributed by atoms with Gasteiger partial charge in [-0.2, -0.15) is 0 Å². The zero-order valence-corrected chi connectivity index (χ0v) is 16.7. The Balaban J connectivity index is 2.08. The zero-order valence-electron chi connectivity index (χ0n) is 16.7. The number of allylic oxidation sites excluding steroid dienone is 3. The van der Waals surface area contributed by atoms with Gasteiger partial charge in [0.1, 0.15) is 5.75 Å². The van der Waals surface area contributed by atoms with Crippen LogP contribution in [0.25, 0.3) is 5.57 Å². The summed E-state index contributed by atoms with van der Waals surface area (Å²) >= 11 is 0. The Morgan fingerprint density at radius 1 is 1.17 bits per heavy atom. The normalized spacial score (nSPS) is 18.4. The first kappa shape index (κ1) is 20.3. The van der Waals surface area contributed by atoms with Crippen molar-refractivity contribution >= 4 is 17.2 Å². The van der Waals surface area contributed by atoms with Crippen LogP contribution in [0.2, 0.25) is 0 Å². The van der Waals surface area contributed by atoms with Gasteiger partial charge >= 0.3 is 5.97 Å². The van der Waals surface area contributed by atoms with Gasteiger partial charge in [0.15, 0.2) is 0 Å². The number of ether oxygens (including phenoxy) is 2. The lowest BCUT2D eigenvalue weighted by Gasteiger charge is -2.35.